The third-order valence-corrected chi connectivity index (χ3v) is 6.32. The molecule has 0 radical (unpaired) electrons. The van der Waals surface area contributed by atoms with E-state index in [1.165, 1.54) is 41.6 Å². The summed E-state index contributed by atoms with van der Waals surface area (Å²) in [4.78, 5) is 14.2. The van der Waals surface area contributed by atoms with Gasteiger partial charge in [-0.3, -0.25) is 4.90 Å². The van der Waals surface area contributed by atoms with E-state index in [0.717, 1.165) is 57.7 Å². The summed E-state index contributed by atoms with van der Waals surface area (Å²) in [6.45, 7) is 14.2. The fourth-order valence-electron chi connectivity index (χ4n) is 4.62. The number of nitrogens with zero attached hydrogens (tertiary/aromatic N) is 4. The molecule has 5 heteroatoms. The molecule has 1 aliphatic carbocycles. The van der Waals surface area contributed by atoms with Crippen LogP contribution in [0.25, 0.3) is 5.70 Å². The molecule has 1 aromatic heterocycles. The summed E-state index contributed by atoms with van der Waals surface area (Å²) in [5, 5.41) is 0. The Hall–Kier alpha value is -2.40. The van der Waals surface area contributed by atoms with Crippen LogP contribution in [-0.2, 0) is 19.4 Å². The van der Waals surface area contributed by atoms with Crippen LogP contribution in [0.15, 0.2) is 36.5 Å². The monoisotopic (exact) mass is 450 g/mol. The minimum Gasteiger partial charge on any atom is -0.462 e. The molecule has 0 fully saturated rings. The lowest BCUT2D eigenvalue weighted by atomic mass is 9.93. The normalized spacial score (nSPS) is 14.7. The maximum absolute atomic E-state index is 5.97. The molecular formula is C28H42N4O. The molecule has 2 aromatic rings. The number of hydrogen-bond acceptors (Lipinski definition) is 5. The molecule has 33 heavy (non-hydrogen) atoms. The van der Waals surface area contributed by atoms with Crippen LogP contribution in [0.3, 0.4) is 0 Å². The number of rotatable bonds is 10. The van der Waals surface area contributed by atoms with Gasteiger partial charge < -0.3 is 9.64 Å². The first kappa shape index (κ1) is 25.2. The number of fused-ring (bicyclic) bond motifs is 2. The Labute approximate surface area is 200 Å². The van der Waals surface area contributed by atoms with E-state index in [1.807, 2.05) is 20.0 Å². The molecule has 0 amide bonds. The Morgan fingerprint density at radius 2 is 1.85 bits per heavy atom. The Morgan fingerprint density at radius 3 is 2.67 bits per heavy atom. The van der Waals surface area contributed by atoms with Crippen LogP contribution in [0.2, 0.25) is 0 Å². The molecule has 0 bridgehead atoms. The molecule has 2 aliphatic rings. The fourth-order valence-corrected chi connectivity index (χ4v) is 4.62. The van der Waals surface area contributed by atoms with Crippen LogP contribution in [0.4, 0.5) is 0 Å². The Bertz CT molecular complexity index is 895. The van der Waals surface area contributed by atoms with Gasteiger partial charge in [0.15, 0.2) is 0 Å². The average molecular weight is 451 g/mol. The van der Waals surface area contributed by atoms with Gasteiger partial charge in [0.25, 0.3) is 0 Å². The minimum atomic E-state index is 0.519. The molecule has 1 aromatic carbocycles. The van der Waals surface area contributed by atoms with Crippen molar-refractivity contribution in [1.29, 1.82) is 0 Å². The van der Waals surface area contributed by atoms with Gasteiger partial charge in [0.05, 0.1) is 12.2 Å². The van der Waals surface area contributed by atoms with Crippen molar-refractivity contribution in [1.82, 2.24) is 19.8 Å². The van der Waals surface area contributed by atoms with E-state index in [9.17, 15) is 0 Å². The minimum absolute atomic E-state index is 0.519. The summed E-state index contributed by atoms with van der Waals surface area (Å²) >= 11 is 0. The van der Waals surface area contributed by atoms with Gasteiger partial charge in [-0.2, -0.15) is 4.98 Å². The van der Waals surface area contributed by atoms with E-state index >= 15 is 0 Å². The molecule has 0 unspecified atom stereocenters. The van der Waals surface area contributed by atoms with Gasteiger partial charge in [-0.15, -0.1) is 0 Å². The first-order chi connectivity index (χ1) is 16.3. The van der Waals surface area contributed by atoms with E-state index < -0.39 is 0 Å². The van der Waals surface area contributed by atoms with E-state index in [0.29, 0.717) is 12.6 Å². The van der Waals surface area contributed by atoms with Gasteiger partial charge in [0, 0.05) is 30.5 Å². The predicted molar refractivity (Wildman–Crippen MR) is 137 cm³/mol. The van der Waals surface area contributed by atoms with Crippen molar-refractivity contribution < 1.29 is 4.74 Å². The van der Waals surface area contributed by atoms with Crippen LogP contribution >= 0.6 is 0 Å². The summed E-state index contributed by atoms with van der Waals surface area (Å²) in [5.41, 5.74) is 6.56. The van der Waals surface area contributed by atoms with Crippen LogP contribution in [-0.4, -0.2) is 52.6 Å². The summed E-state index contributed by atoms with van der Waals surface area (Å²) in [5.74, 6) is 0. The van der Waals surface area contributed by atoms with Crippen LogP contribution in [0.5, 0.6) is 6.01 Å². The number of benzene rings is 1. The molecular weight excluding hydrogens is 408 g/mol. The van der Waals surface area contributed by atoms with Crippen molar-refractivity contribution in [3.63, 3.8) is 0 Å². The van der Waals surface area contributed by atoms with Gasteiger partial charge >= 0.3 is 6.01 Å². The molecule has 0 spiro atoms. The molecule has 1 aliphatic heterocycles. The lowest BCUT2D eigenvalue weighted by Gasteiger charge is -2.34. The van der Waals surface area contributed by atoms with E-state index in [4.69, 9.17) is 9.72 Å². The second kappa shape index (κ2) is 13.3. The first-order valence-corrected chi connectivity index (χ1v) is 13.0. The standard InChI is InChI=1S/C26H36N4O.C2H6/c1-3-5-15-29(14-4-2)17-18-31-26-27-19-22-13-16-30(20-24(22)28-26)25-12-8-10-21-9-6-7-11-23(21)25;1-2/h6-7,9,11-12,19H,3-5,8,10,13-18,20H2,1-2H3;1-2H3. The molecule has 0 atom stereocenters. The van der Waals surface area contributed by atoms with Gasteiger partial charge in [-0.1, -0.05) is 64.5 Å². The number of aromatic nitrogens is 2. The van der Waals surface area contributed by atoms with Crippen molar-refractivity contribution in [3.05, 3.63) is 58.9 Å². The maximum Gasteiger partial charge on any atom is 0.316 e. The summed E-state index contributed by atoms with van der Waals surface area (Å²) in [6, 6.07) is 9.33. The van der Waals surface area contributed by atoms with Gasteiger partial charge in [-0.05, 0) is 56.3 Å². The molecule has 5 nitrogen and oxygen atoms in total. The highest BCUT2D eigenvalue weighted by Gasteiger charge is 2.24. The quantitative estimate of drug-likeness (QED) is 0.462. The summed E-state index contributed by atoms with van der Waals surface area (Å²) in [6.07, 6.45) is 11.2. The summed E-state index contributed by atoms with van der Waals surface area (Å²) in [7, 11) is 0. The maximum atomic E-state index is 5.97. The largest absolute Gasteiger partial charge is 0.462 e. The Balaban J connectivity index is 0.00000149. The molecule has 0 saturated heterocycles. The van der Waals surface area contributed by atoms with E-state index in [2.05, 4.69) is 59.0 Å². The van der Waals surface area contributed by atoms with Crippen LogP contribution in [0, 0.1) is 0 Å². The molecule has 180 valence electrons. The smallest absolute Gasteiger partial charge is 0.316 e. The van der Waals surface area contributed by atoms with Crippen LogP contribution in [0.1, 0.15) is 75.8 Å². The van der Waals surface area contributed by atoms with E-state index in [-0.39, 0.29) is 0 Å². The van der Waals surface area contributed by atoms with Gasteiger partial charge in [-0.25, -0.2) is 4.98 Å². The molecule has 0 saturated carbocycles. The number of ether oxygens (including phenoxy) is 1. The van der Waals surface area contributed by atoms with Crippen molar-refractivity contribution in [3.8, 4) is 6.01 Å². The number of unbranched alkanes of at least 4 members (excludes halogenated alkanes) is 1. The van der Waals surface area contributed by atoms with Crippen molar-refractivity contribution in [2.45, 2.75) is 72.8 Å². The third-order valence-electron chi connectivity index (χ3n) is 6.32. The van der Waals surface area contributed by atoms with E-state index in [1.54, 1.807) is 0 Å². The zero-order valence-electron chi connectivity index (χ0n) is 21.1. The highest BCUT2D eigenvalue weighted by atomic mass is 16.5. The molecule has 0 N–H and O–H groups in total. The predicted octanol–water partition coefficient (Wildman–Crippen LogP) is 5.74. The first-order valence-electron chi connectivity index (χ1n) is 13.0. The SMILES string of the molecule is CC.CCCCN(CCC)CCOc1ncc2c(n1)CN(C1=CCCc3ccccc31)CC2. The highest BCUT2D eigenvalue weighted by Crippen LogP contribution is 2.32. The average Bonchev–Trinajstić information content (AvgIpc) is 2.87. The topological polar surface area (TPSA) is 41.5 Å². The summed E-state index contributed by atoms with van der Waals surface area (Å²) < 4.78 is 5.97. The van der Waals surface area contributed by atoms with Gasteiger partial charge in [0.2, 0.25) is 0 Å². The Morgan fingerprint density at radius 1 is 1.00 bits per heavy atom. The second-order valence-electron chi connectivity index (χ2n) is 8.62. The third kappa shape index (κ3) is 6.80. The second-order valence-corrected chi connectivity index (χ2v) is 8.62. The zero-order chi connectivity index (χ0) is 23.5. The lowest BCUT2D eigenvalue weighted by Crippen LogP contribution is -2.32. The fraction of sp³-hybridized carbons (Fsp3) is 0.571. The Kier molecular flexibility index (Phi) is 10.2. The number of hydrogen-bond donors (Lipinski definition) is 0. The van der Waals surface area contributed by atoms with Crippen LogP contribution < -0.4 is 4.74 Å². The zero-order valence-corrected chi connectivity index (χ0v) is 21.1. The number of allylic oxidation sites excluding steroid dienone is 1. The van der Waals surface area contributed by atoms with Crippen molar-refractivity contribution in [2.24, 2.45) is 0 Å². The van der Waals surface area contributed by atoms with Crippen molar-refractivity contribution >= 4 is 5.70 Å². The van der Waals surface area contributed by atoms with Gasteiger partial charge in [0.1, 0.15) is 6.61 Å². The number of aryl methyl sites for hydroxylation is 1. The highest BCUT2D eigenvalue weighted by molar-refractivity contribution is 5.69. The lowest BCUT2D eigenvalue weighted by molar-refractivity contribution is 0.197. The molecule has 2 heterocycles. The molecule has 4 rings (SSSR count). The van der Waals surface area contributed by atoms with Crippen molar-refractivity contribution in [2.75, 3.05) is 32.8 Å².